The summed E-state index contributed by atoms with van der Waals surface area (Å²) in [6.07, 6.45) is 2.61. The summed E-state index contributed by atoms with van der Waals surface area (Å²) >= 11 is 5.85. The van der Waals surface area contributed by atoms with Crippen molar-refractivity contribution in [2.75, 3.05) is 17.2 Å². The van der Waals surface area contributed by atoms with Gasteiger partial charge in [0.2, 0.25) is 0 Å². The van der Waals surface area contributed by atoms with Crippen molar-refractivity contribution in [1.82, 2.24) is 4.98 Å². The number of amides is 2. The minimum Gasteiger partial charge on any atom is -0.493 e. The monoisotopic (exact) mass is 461 g/mol. The predicted octanol–water partition coefficient (Wildman–Crippen LogP) is 5.72. The molecule has 0 spiro atoms. The lowest BCUT2D eigenvalue weighted by molar-refractivity contribution is 0.102. The molecule has 0 saturated carbocycles. The molecule has 0 aliphatic heterocycles. The van der Waals surface area contributed by atoms with E-state index in [1.807, 2.05) is 12.1 Å². The number of carbonyl (C=O) groups excluding carboxylic acids is 2. The van der Waals surface area contributed by atoms with Gasteiger partial charge in [0.15, 0.2) is 0 Å². The molecular formula is C25H25BClN3O3. The number of aromatic nitrogens is 1. The topological polar surface area (TPSA) is 80.3 Å². The van der Waals surface area contributed by atoms with Crippen molar-refractivity contribution in [3.05, 3.63) is 82.5 Å². The molecule has 168 valence electrons. The van der Waals surface area contributed by atoms with E-state index < -0.39 is 5.91 Å². The van der Waals surface area contributed by atoms with Gasteiger partial charge in [0, 0.05) is 6.20 Å². The zero-order valence-corrected chi connectivity index (χ0v) is 19.4. The summed E-state index contributed by atoms with van der Waals surface area (Å²) < 4.78 is 5.85. The molecule has 3 rings (SSSR count). The second-order valence-corrected chi connectivity index (χ2v) is 8.15. The quantitative estimate of drug-likeness (QED) is 0.315. The number of carbonyl (C=O) groups is 2. The van der Waals surface area contributed by atoms with E-state index in [1.54, 1.807) is 42.5 Å². The third kappa shape index (κ3) is 6.59. The highest BCUT2D eigenvalue weighted by molar-refractivity contribution is 6.30. The Hall–Kier alpha value is -3.32. The van der Waals surface area contributed by atoms with Gasteiger partial charge in [0.1, 0.15) is 11.6 Å². The molecule has 0 bridgehead atoms. The second-order valence-electron chi connectivity index (χ2n) is 7.72. The van der Waals surface area contributed by atoms with E-state index >= 15 is 0 Å². The highest BCUT2D eigenvalue weighted by Gasteiger charge is 2.18. The third-order valence-corrected chi connectivity index (χ3v) is 5.14. The molecule has 2 aromatic carbocycles. The molecular weight excluding hydrogens is 437 g/mol. The van der Waals surface area contributed by atoms with Crippen molar-refractivity contribution in [1.29, 1.82) is 0 Å². The van der Waals surface area contributed by atoms with Gasteiger partial charge in [-0.2, -0.15) is 0 Å². The van der Waals surface area contributed by atoms with Crippen LogP contribution in [0.5, 0.6) is 5.75 Å². The summed E-state index contributed by atoms with van der Waals surface area (Å²) in [4.78, 5) is 30.0. The normalized spacial score (nSPS) is 10.7. The van der Waals surface area contributed by atoms with E-state index in [0.717, 1.165) is 5.56 Å². The molecule has 1 aromatic heterocycles. The molecule has 3 aromatic rings. The van der Waals surface area contributed by atoms with Gasteiger partial charge in [0.25, 0.3) is 11.8 Å². The van der Waals surface area contributed by atoms with Crippen molar-refractivity contribution in [3.8, 4) is 5.75 Å². The molecule has 2 amide bonds. The number of rotatable bonds is 9. The average molecular weight is 462 g/mol. The van der Waals surface area contributed by atoms with Gasteiger partial charge in [-0.05, 0) is 54.3 Å². The fourth-order valence-corrected chi connectivity index (χ4v) is 3.20. The number of anilines is 2. The van der Waals surface area contributed by atoms with Gasteiger partial charge in [-0.1, -0.05) is 50.0 Å². The molecule has 2 N–H and O–H groups in total. The van der Waals surface area contributed by atoms with Crippen LogP contribution >= 0.6 is 11.6 Å². The van der Waals surface area contributed by atoms with E-state index in [9.17, 15) is 9.59 Å². The molecule has 0 unspecified atom stereocenters. The number of nitrogens with zero attached hydrogens (tertiary/aromatic N) is 1. The Balaban J connectivity index is 1.83. The highest BCUT2D eigenvalue weighted by atomic mass is 35.5. The van der Waals surface area contributed by atoms with Gasteiger partial charge in [-0.3, -0.25) is 9.59 Å². The maximum Gasteiger partial charge on any atom is 0.259 e. The van der Waals surface area contributed by atoms with Gasteiger partial charge in [-0.25, -0.2) is 4.98 Å². The predicted molar refractivity (Wildman–Crippen MR) is 133 cm³/mol. The first kappa shape index (κ1) is 24.3. The lowest BCUT2D eigenvalue weighted by Gasteiger charge is -2.16. The molecule has 0 aliphatic rings. The van der Waals surface area contributed by atoms with Crippen molar-refractivity contribution in [3.63, 3.8) is 0 Å². The van der Waals surface area contributed by atoms with Crippen LogP contribution in [0.3, 0.4) is 0 Å². The minimum atomic E-state index is -0.407. The molecule has 0 atom stereocenters. The van der Waals surface area contributed by atoms with Crippen LogP contribution in [0.25, 0.3) is 0 Å². The summed E-state index contributed by atoms with van der Waals surface area (Å²) in [5.41, 5.74) is 2.11. The largest absolute Gasteiger partial charge is 0.493 e. The lowest BCUT2D eigenvalue weighted by Crippen LogP contribution is -2.19. The summed E-state index contributed by atoms with van der Waals surface area (Å²) in [6, 6.07) is 15.5. The van der Waals surface area contributed by atoms with Crippen LogP contribution in [0.1, 0.15) is 52.5 Å². The number of hydrogen-bond acceptors (Lipinski definition) is 4. The van der Waals surface area contributed by atoms with Gasteiger partial charge < -0.3 is 15.4 Å². The molecule has 0 saturated heterocycles. The van der Waals surface area contributed by atoms with E-state index in [4.69, 9.17) is 24.2 Å². The first-order valence-electron chi connectivity index (χ1n) is 10.7. The SMILES string of the molecule is [B]CCCOc1cc(C(C)C)ccc1C(=O)Nc1ccccc1C(=O)Nc1ccc(Cl)cn1. The zero-order valence-electron chi connectivity index (χ0n) is 18.6. The molecule has 0 fully saturated rings. The Morgan fingerprint density at radius 1 is 1.03 bits per heavy atom. The summed E-state index contributed by atoms with van der Waals surface area (Å²) in [7, 11) is 5.57. The number of nitrogens with one attached hydrogen (secondary N) is 2. The van der Waals surface area contributed by atoms with E-state index in [-0.39, 0.29) is 11.8 Å². The van der Waals surface area contributed by atoms with E-state index in [1.165, 1.54) is 6.20 Å². The molecule has 33 heavy (non-hydrogen) atoms. The smallest absolute Gasteiger partial charge is 0.259 e. The van der Waals surface area contributed by atoms with Crippen LogP contribution in [0.4, 0.5) is 11.5 Å². The summed E-state index contributed by atoms with van der Waals surface area (Å²) in [5.74, 6) is 0.336. The average Bonchev–Trinajstić information content (AvgIpc) is 2.81. The van der Waals surface area contributed by atoms with E-state index in [2.05, 4.69) is 29.5 Å². The summed E-state index contributed by atoms with van der Waals surface area (Å²) in [6.45, 7) is 4.55. The number of pyridine rings is 1. The van der Waals surface area contributed by atoms with Crippen LogP contribution in [0, 0.1) is 0 Å². The van der Waals surface area contributed by atoms with Crippen LogP contribution < -0.4 is 15.4 Å². The number of para-hydroxylation sites is 1. The van der Waals surface area contributed by atoms with Gasteiger partial charge in [0.05, 0.1) is 36.3 Å². The molecule has 8 heteroatoms. The Morgan fingerprint density at radius 3 is 2.48 bits per heavy atom. The highest BCUT2D eigenvalue weighted by Crippen LogP contribution is 2.27. The third-order valence-electron chi connectivity index (χ3n) is 4.91. The van der Waals surface area contributed by atoms with Crippen molar-refractivity contribution in [2.24, 2.45) is 0 Å². The fourth-order valence-electron chi connectivity index (χ4n) is 3.08. The fraction of sp³-hybridized carbons (Fsp3) is 0.240. The summed E-state index contributed by atoms with van der Waals surface area (Å²) in [5, 5.41) is 6.01. The van der Waals surface area contributed by atoms with E-state index in [0.29, 0.717) is 52.8 Å². The van der Waals surface area contributed by atoms with Crippen LogP contribution in [-0.2, 0) is 0 Å². The molecule has 2 radical (unpaired) electrons. The number of ether oxygens (including phenoxy) is 1. The van der Waals surface area contributed by atoms with Gasteiger partial charge in [-0.15, -0.1) is 0 Å². The maximum absolute atomic E-state index is 13.1. The second kappa shape index (κ2) is 11.5. The number of halogens is 1. The van der Waals surface area contributed by atoms with Crippen molar-refractivity contribution in [2.45, 2.75) is 32.5 Å². The van der Waals surface area contributed by atoms with Crippen LogP contribution in [0.15, 0.2) is 60.8 Å². The van der Waals surface area contributed by atoms with Crippen LogP contribution in [0.2, 0.25) is 11.3 Å². The van der Waals surface area contributed by atoms with Crippen molar-refractivity contribution >= 4 is 42.8 Å². The Labute approximate surface area is 200 Å². The zero-order chi connectivity index (χ0) is 23.8. The minimum absolute atomic E-state index is 0.282. The Bertz CT molecular complexity index is 1120. The maximum atomic E-state index is 13.1. The Kier molecular flexibility index (Phi) is 8.49. The molecule has 1 heterocycles. The standard InChI is InChI=1S/C25H25BClN3O3/c1-16(2)17-8-10-20(22(14-17)33-13-5-12-26)25(32)29-21-7-4-3-6-19(21)24(31)30-23-11-9-18(27)15-28-23/h3-4,6-11,14-16H,5,12-13H2,1-2H3,(H,29,32)(H,28,30,31). The Morgan fingerprint density at radius 2 is 1.79 bits per heavy atom. The first-order valence-corrected chi connectivity index (χ1v) is 11.1. The van der Waals surface area contributed by atoms with Gasteiger partial charge >= 0.3 is 0 Å². The van der Waals surface area contributed by atoms with Crippen molar-refractivity contribution < 1.29 is 14.3 Å². The number of benzene rings is 2. The number of hydrogen-bond donors (Lipinski definition) is 2. The molecule has 6 nitrogen and oxygen atoms in total. The first-order chi connectivity index (χ1) is 15.9. The van der Waals surface area contributed by atoms with Crippen LogP contribution in [-0.4, -0.2) is 31.3 Å². The molecule has 0 aliphatic carbocycles. The lowest BCUT2D eigenvalue weighted by atomic mass is 10.00.